The van der Waals surface area contributed by atoms with E-state index >= 15 is 0 Å². The maximum atomic E-state index is 12.4. The average Bonchev–Trinajstić information content (AvgIpc) is 2.53. The van der Waals surface area contributed by atoms with Crippen LogP contribution in [0.2, 0.25) is 5.02 Å². The van der Waals surface area contributed by atoms with Gasteiger partial charge in [-0.2, -0.15) is 0 Å². The third kappa shape index (κ3) is 4.24. The van der Waals surface area contributed by atoms with Crippen LogP contribution in [0.25, 0.3) is 0 Å². The lowest BCUT2D eigenvalue weighted by Gasteiger charge is -2.38. The number of nitrogens with two attached hydrogens (primary N) is 1. The highest BCUT2D eigenvalue weighted by molar-refractivity contribution is 6.30. The number of rotatable bonds is 2. The lowest BCUT2D eigenvalue weighted by Crippen LogP contribution is -2.56. The van der Waals surface area contributed by atoms with Crippen molar-refractivity contribution >= 4 is 23.4 Å². The van der Waals surface area contributed by atoms with Gasteiger partial charge in [-0.25, -0.2) is 0 Å². The summed E-state index contributed by atoms with van der Waals surface area (Å²) >= 11 is 5.84. The van der Waals surface area contributed by atoms with E-state index in [1.165, 1.54) is 0 Å². The molecule has 0 aromatic heterocycles. The molecule has 23 heavy (non-hydrogen) atoms. The predicted molar refractivity (Wildman–Crippen MR) is 91.4 cm³/mol. The fourth-order valence-electron chi connectivity index (χ4n) is 2.47. The summed E-state index contributed by atoms with van der Waals surface area (Å²) in [7, 11) is 0. The molecule has 0 radical (unpaired) electrons. The van der Waals surface area contributed by atoms with Crippen LogP contribution in [0.1, 0.15) is 31.1 Å². The van der Waals surface area contributed by atoms with Gasteiger partial charge in [0.2, 0.25) is 5.91 Å². The molecular weight excluding hydrogens is 314 g/mol. The van der Waals surface area contributed by atoms with Crippen LogP contribution < -0.4 is 5.73 Å². The minimum Gasteiger partial charge on any atom is -0.338 e. The SMILES string of the molecule is CC(C)(C)[C@H](N)C(=O)N1CCN(C(=O)c2ccc(Cl)cc2)CC1. The summed E-state index contributed by atoms with van der Waals surface area (Å²) < 4.78 is 0. The van der Waals surface area contributed by atoms with Gasteiger partial charge in [0.05, 0.1) is 6.04 Å². The van der Waals surface area contributed by atoms with Gasteiger partial charge in [0.1, 0.15) is 0 Å². The molecule has 0 spiro atoms. The third-order valence-corrected chi connectivity index (χ3v) is 4.42. The zero-order valence-corrected chi connectivity index (χ0v) is 14.6. The molecule has 1 heterocycles. The van der Waals surface area contributed by atoms with Crippen LogP contribution in [0.15, 0.2) is 24.3 Å². The highest BCUT2D eigenvalue weighted by Crippen LogP contribution is 2.20. The molecule has 0 unspecified atom stereocenters. The Bertz CT molecular complexity index is 572. The second-order valence-electron chi connectivity index (χ2n) is 6.97. The van der Waals surface area contributed by atoms with Crippen molar-refractivity contribution < 1.29 is 9.59 Å². The van der Waals surface area contributed by atoms with E-state index in [0.29, 0.717) is 36.8 Å². The van der Waals surface area contributed by atoms with Crippen LogP contribution in [0, 0.1) is 5.41 Å². The topological polar surface area (TPSA) is 66.6 Å². The number of nitrogens with zero attached hydrogens (tertiary/aromatic N) is 2. The maximum absolute atomic E-state index is 12.4. The van der Waals surface area contributed by atoms with E-state index in [0.717, 1.165) is 0 Å². The molecule has 1 aliphatic heterocycles. The molecular formula is C17H24ClN3O2. The fourth-order valence-corrected chi connectivity index (χ4v) is 2.60. The monoisotopic (exact) mass is 337 g/mol. The van der Waals surface area contributed by atoms with E-state index < -0.39 is 6.04 Å². The molecule has 1 saturated heterocycles. The third-order valence-electron chi connectivity index (χ3n) is 4.17. The van der Waals surface area contributed by atoms with Gasteiger partial charge in [-0.1, -0.05) is 32.4 Å². The highest BCUT2D eigenvalue weighted by Gasteiger charge is 2.33. The number of hydrogen-bond donors (Lipinski definition) is 1. The van der Waals surface area contributed by atoms with E-state index in [2.05, 4.69) is 0 Å². The predicted octanol–water partition coefficient (Wildman–Crippen LogP) is 2.00. The maximum Gasteiger partial charge on any atom is 0.253 e. The summed E-state index contributed by atoms with van der Waals surface area (Å²) in [4.78, 5) is 28.4. The first-order chi connectivity index (χ1) is 10.7. The van der Waals surface area contributed by atoms with Gasteiger partial charge in [-0.15, -0.1) is 0 Å². The number of piperazine rings is 1. The Balaban J connectivity index is 1.94. The Morgan fingerprint density at radius 2 is 1.52 bits per heavy atom. The smallest absolute Gasteiger partial charge is 0.253 e. The van der Waals surface area contributed by atoms with Gasteiger partial charge in [-0.05, 0) is 29.7 Å². The van der Waals surface area contributed by atoms with Crippen molar-refractivity contribution in [3.05, 3.63) is 34.9 Å². The Hall–Kier alpha value is -1.59. The molecule has 0 saturated carbocycles. The summed E-state index contributed by atoms with van der Waals surface area (Å²) in [5.74, 6) is -0.0787. The minimum atomic E-state index is -0.527. The molecule has 1 aromatic carbocycles. The van der Waals surface area contributed by atoms with Crippen LogP contribution >= 0.6 is 11.6 Å². The van der Waals surface area contributed by atoms with E-state index in [1.54, 1.807) is 34.1 Å². The number of benzene rings is 1. The number of hydrogen-bond acceptors (Lipinski definition) is 3. The summed E-state index contributed by atoms with van der Waals surface area (Å²) in [6, 6.07) is 6.32. The molecule has 0 bridgehead atoms. The van der Waals surface area contributed by atoms with Crippen molar-refractivity contribution in [1.82, 2.24) is 9.80 Å². The van der Waals surface area contributed by atoms with Crippen molar-refractivity contribution in [3.63, 3.8) is 0 Å². The standard InChI is InChI=1S/C17H24ClN3O2/c1-17(2,3)14(19)16(23)21-10-8-20(9-11-21)15(22)12-4-6-13(18)7-5-12/h4-7,14H,8-11,19H2,1-3H3/t14-/m1/s1. The Morgan fingerprint density at radius 1 is 1.04 bits per heavy atom. The van der Waals surface area contributed by atoms with Gasteiger partial charge in [-0.3, -0.25) is 9.59 Å². The molecule has 126 valence electrons. The van der Waals surface area contributed by atoms with Gasteiger partial charge < -0.3 is 15.5 Å². The summed E-state index contributed by atoms with van der Waals surface area (Å²) in [6.45, 7) is 7.93. The van der Waals surface area contributed by atoms with Gasteiger partial charge in [0.15, 0.2) is 0 Å². The molecule has 0 aliphatic carbocycles. The van der Waals surface area contributed by atoms with Crippen LogP contribution in [-0.2, 0) is 4.79 Å². The van der Waals surface area contributed by atoms with Crippen LogP contribution in [0.5, 0.6) is 0 Å². The Kier molecular flexibility index (Phi) is 5.32. The fraction of sp³-hybridized carbons (Fsp3) is 0.529. The first-order valence-corrected chi connectivity index (χ1v) is 8.17. The lowest BCUT2D eigenvalue weighted by atomic mass is 9.86. The molecule has 1 fully saturated rings. The van der Waals surface area contributed by atoms with Crippen molar-refractivity contribution in [2.45, 2.75) is 26.8 Å². The average molecular weight is 338 g/mol. The summed E-state index contributed by atoms with van der Waals surface area (Å²) in [5, 5.41) is 0.605. The van der Waals surface area contributed by atoms with E-state index in [-0.39, 0.29) is 17.2 Å². The normalized spacial score (nSPS) is 17.1. The summed E-state index contributed by atoms with van der Waals surface area (Å²) in [5.41, 5.74) is 6.38. The first kappa shape index (κ1) is 17.8. The number of amides is 2. The van der Waals surface area contributed by atoms with E-state index in [9.17, 15) is 9.59 Å². The molecule has 5 nitrogen and oxygen atoms in total. The second kappa shape index (κ2) is 6.89. The molecule has 2 rings (SSSR count). The van der Waals surface area contributed by atoms with E-state index in [1.807, 2.05) is 20.8 Å². The van der Waals surface area contributed by atoms with Crippen molar-refractivity contribution in [1.29, 1.82) is 0 Å². The zero-order valence-electron chi connectivity index (χ0n) is 13.9. The largest absolute Gasteiger partial charge is 0.338 e. The molecule has 1 atom stereocenters. The zero-order chi connectivity index (χ0) is 17.2. The second-order valence-corrected chi connectivity index (χ2v) is 7.40. The highest BCUT2D eigenvalue weighted by atomic mass is 35.5. The number of carbonyl (C=O) groups excluding carboxylic acids is 2. The van der Waals surface area contributed by atoms with Crippen molar-refractivity contribution in [2.24, 2.45) is 11.1 Å². The lowest BCUT2D eigenvalue weighted by molar-refractivity contribution is -0.136. The summed E-state index contributed by atoms with van der Waals surface area (Å²) in [6.07, 6.45) is 0. The van der Waals surface area contributed by atoms with Gasteiger partial charge >= 0.3 is 0 Å². The number of carbonyl (C=O) groups is 2. The molecule has 2 N–H and O–H groups in total. The molecule has 6 heteroatoms. The van der Waals surface area contributed by atoms with Crippen LogP contribution in [-0.4, -0.2) is 53.8 Å². The number of halogens is 1. The molecule has 1 aromatic rings. The van der Waals surface area contributed by atoms with Crippen LogP contribution in [0.4, 0.5) is 0 Å². The minimum absolute atomic E-state index is 0.0334. The Morgan fingerprint density at radius 3 is 2.00 bits per heavy atom. The van der Waals surface area contributed by atoms with Gasteiger partial charge in [0.25, 0.3) is 5.91 Å². The van der Waals surface area contributed by atoms with E-state index in [4.69, 9.17) is 17.3 Å². The molecule has 2 amide bonds. The van der Waals surface area contributed by atoms with Crippen molar-refractivity contribution in [3.8, 4) is 0 Å². The first-order valence-electron chi connectivity index (χ1n) is 7.79. The molecule has 1 aliphatic rings. The van der Waals surface area contributed by atoms with Gasteiger partial charge in [0, 0.05) is 36.8 Å². The Labute approximate surface area is 142 Å². The van der Waals surface area contributed by atoms with Crippen LogP contribution in [0.3, 0.4) is 0 Å². The quantitative estimate of drug-likeness (QED) is 0.897. The van der Waals surface area contributed by atoms with Crippen molar-refractivity contribution in [2.75, 3.05) is 26.2 Å².